The molecule has 1 heterocycles. The number of sulfonamides is 1. The highest BCUT2D eigenvalue weighted by Crippen LogP contribution is 2.17. The Morgan fingerprint density at radius 1 is 1.33 bits per heavy atom. The molecule has 0 spiro atoms. The highest BCUT2D eigenvalue weighted by Gasteiger charge is 2.27. The Morgan fingerprint density at radius 2 is 2.00 bits per heavy atom. The molecule has 1 aliphatic heterocycles. The fraction of sp³-hybridized carbons (Fsp3) is 0.538. The van der Waals surface area contributed by atoms with Gasteiger partial charge in [-0.2, -0.15) is 4.31 Å². The van der Waals surface area contributed by atoms with Crippen LogP contribution in [0.1, 0.15) is 24.0 Å². The largest absolute Gasteiger partial charge is 0.392 e. The van der Waals surface area contributed by atoms with Crippen LogP contribution in [0.15, 0.2) is 24.3 Å². The third kappa shape index (κ3) is 3.31. The van der Waals surface area contributed by atoms with Crippen LogP contribution in [0.2, 0.25) is 0 Å². The molecule has 5 heteroatoms. The maximum atomic E-state index is 12.2. The first-order valence-electron chi connectivity index (χ1n) is 6.19. The first-order valence-corrected chi connectivity index (χ1v) is 7.80. The van der Waals surface area contributed by atoms with Crippen molar-refractivity contribution in [1.82, 2.24) is 4.31 Å². The second kappa shape index (κ2) is 5.38. The molecule has 1 unspecified atom stereocenters. The Balaban J connectivity index is 2.09. The molecule has 0 aromatic heterocycles. The summed E-state index contributed by atoms with van der Waals surface area (Å²) in [7, 11) is -3.31. The maximum Gasteiger partial charge on any atom is 0.218 e. The summed E-state index contributed by atoms with van der Waals surface area (Å²) in [4.78, 5) is 0. The van der Waals surface area contributed by atoms with E-state index in [1.807, 2.05) is 31.2 Å². The van der Waals surface area contributed by atoms with Crippen molar-refractivity contribution in [3.05, 3.63) is 35.4 Å². The Bertz CT molecular complexity index is 495. The molecule has 100 valence electrons. The number of β-amino-alcohol motifs (C(OH)–C–C–N with tert-alkyl or cyclic N) is 1. The van der Waals surface area contributed by atoms with Gasteiger partial charge < -0.3 is 5.11 Å². The summed E-state index contributed by atoms with van der Waals surface area (Å²) in [5.74, 6) is 0.0139. The monoisotopic (exact) mass is 269 g/mol. The number of aryl methyl sites for hydroxylation is 1. The summed E-state index contributed by atoms with van der Waals surface area (Å²) in [6, 6.07) is 7.51. The van der Waals surface area contributed by atoms with Crippen molar-refractivity contribution in [1.29, 1.82) is 0 Å². The molecule has 18 heavy (non-hydrogen) atoms. The zero-order chi connectivity index (χ0) is 13.2. The number of rotatable bonds is 3. The lowest BCUT2D eigenvalue weighted by Gasteiger charge is -2.29. The highest BCUT2D eigenvalue weighted by molar-refractivity contribution is 7.88. The molecular formula is C13H19NO3S. The van der Waals surface area contributed by atoms with Gasteiger partial charge >= 0.3 is 0 Å². The van der Waals surface area contributed by atoms with Gasteiger partial charge in [-0.05, 0) is 25.3 Å². The number of nitrogens with zero attached hydrogens (tertiary/aromatic N) is 1. The lowest BCUT2D eigenvalue weighted by molar-refractivity contribution is 0.108. The molecule has 1 aromatic carbocycles. The minimum atomic E-state index is -3.31. The summed E-state index contributed by atoms with van der Waals surface area (Å²) < 4.78 is 25.8. The van der Waals surface area contributed by atoms with Crippen molar-refractivity contribution in [3.8, 4) is 0 Å². The van der Waals surface area contributed by atoms with Crippen LogP contribution < -0.4 is 0 Å². The number of piperidine rings is 1. The molecular weight excluding hydrogens is 250 g/mol. The number of aliphatic hydroxyl groups is 1. The van der Waals surface area contributed by atoms with Gasteiger partial charge in [-0.15, -0.1) is 0 Å². The van der Waals surface area contributed by atoms with Gasteiger partial charge in [0.1, 0.15) is 0 Å². The molecule has 0 bridgehead atoms. The van der Waals surface area contributed by atoms with Crippen LogP contribution in [-0.4, -0.2) is 37.0 Å². The van der Waals surface area contributed by atoms with Gasteiger partial charge in [-0.1, -0.05) is 29.8 Å². The fourth-order valence-corrected chi connectivity index (χ4v) is 3.76. The van der Waals surface area contributed by atoms with Crippen LogP contribution in [0.5, 0.6) is 0 Å². The van der Waals surface area contributed by atoms with Crippen molar-refractivity contribution < 1.29 is 13.5 Å². The Labute approximate surface area is 108 Å². The van der Waals surface area contributed by atoms with Crippen molar-refractivity contribution >= 4 is 10.0 Å². The number of hydrogen-bond acceptors (Lipinski definition) is 3. The van der Waals surface area contributed by atoms with Crippen LogP contribution in [0.4, 0.5) is 0 Å². The lowest BCUT2D eigenvalue weighted by atomic mass is 10.1. The van der Waals surface area contributed by atoms with Gasteiger partial charge in [-0.3, -0.25) is 0 Å². The van der Waals surface area contributed by atoms with E-state index in [4.69, 9.17) is 0 Å². The Morgan fingerprint density at radius 3 is 2.61 bits per heavy atom. The number of hydrogen-bond donors (Lipinski definition) is 1. The summed E-state index contributed by atoms with van der Waals surface area (Å²) in [6.45, 7) is 2.72. The molecule has 0 radical (unpaired) electrons. The smallest absolute Gasteiger partial charge is 0.218 e. The Kier molecular flexibility index (Phi) is 4.04. The van der Waals surface area contributed by atoms with Gasteiger partial charge in [0.25, 0.3) is 0 Å². The summed E-state index contributed by atoms with van der Waals surface area (Å²) >= 11 is 0. The van der Waals surface area contributed by atoms with E-state index < -0.39 is 16.1 Å². The first kappa shape index (κ1) is 13.5. The molecule has 1 saturated heterocycles. The van der Waals surface area contributed by atoms with Crippen LogP contribution in [0, 0.1) is 6.92 Å². The Hall–Kier alpha value is -0.910. The van der Waals surface area contributed by atoms with Crippen LogP contribution in [0.3, 0.4) is 0 Å². The molecule has 4 nitrogen and oxygen atoms in total. The number of aliphatic hydroxyl groups excluding tert-OH is 1. The minimum Gasteiger partial charge on any atom is -0.392 e. The van der Waals surface area contributed by atoms with Crippen LogP contribution in [-0.2, 0) is 15.8 Å². The predicted octanol–water partition coefficient (Wildman–Crippen LogP) is 1.28. The van der Waals surface area contributed by atoms with E-state index in [0.717, 1.165) is 17.5 Å². The molecule has 1 aliphatic rings. The average Bonchev–Trinajstić information content (AvgIpc) is 2.32. The van der Waals surface area contributed by atoms with E-state index in [2.05, 4.69) is 0 Å². The predicted molar refractivity (Wildman–Crippen MR) is 70.6 cm³/mol. The number of benzene rings is 1. The molecule has 1 fully saturated rings. The van der Waals surface area contributed by atoms with E-state index >= 15 is 0 Å². The van der Waals surface area contributed by atoms with Crippen molar-refractivity contribution in [2.24, 2.45) is 0 Å². The molecule has 1 N–H and O–H groups in total. The standard InChI is InChI=1S/C13H19NO3S/c1-11-4-6-12(7-5-11)10-18(16,17)14-8-2-3-13(15)9-14/h4-7,13,15H,2-3,8-10H2,1H3. The van der Waals surface area contributed by atoms with Gasteiger partial charge in [0.05, 0.1) is 11.9 Å². The third-order valence-corrected chi connectivity index (χ3v) is 5.04. The SMILES string of the molecule is Cc1ccc(CS(=O)(=O)N2CCCC(O)C2)cc1. The van der Waals surface area contributed by atoms with Crippen LogP contribution in [0.25, 0.3) is 0 Å². The van der Waals surface area contributed by atoms with E-state index in [0.29, 0.717) is 13.0 Å². The van der Waals surface area contributed by atoms with Crippen LogP contribution >= 0.6 is 0 Å². The van der Waals surface area contributed by atoms with Crippen molar-refractivity contribution in [2.45, 2.75) is 31.6 Å². The minimum absolute atomic E-state index is 0.0139. The van der Waals surface area contributed by atoms with Gasteiger partial charge in [0.2, 0.25) is 10.0 Å². The van der Waals surface area contributed by atoms with Gasteiger partial charge in [-0.25, -0.2) is 8.42 Å². The average molecular weight is 269 g/mol. The third-order valence-electron chi connectivity index (χ3n) is 3.22. The molecule has 0 aliphatic carbocycles. The second-order valence-electron chi connectivity index (χ2n) is 4.90. The normalized spacial score (nSPS) is 22.0. The van der Waals surface area contributed by atoms with E-state index in [9.17, 15) is 13.5 Å². The zero-order valence-electron chi connectivity index (χ0n) is 10.5. The summed E-state index contributed by atoms with van der Waals surface area (Å²) in [5.41, 5.74) is 1.91. The topological polar surface area (TPSA) is 57.6 Å². The van der Waals surface area contributed by atoms with E-state index in [1.165, 1.54) is 4.31 Å². The lowest BCUT2D eigenvalue weighted by Crippen LogP contribution is -2.42. The molecule has 0 amide bonds. The van der Waals surface area contributed by atoms with Crippen molar-refractivity contribution in [2.75, 3.05) is 13.1 Å². The summed E-state index contributed by atoms with van der Waals surface area (Å²) in [6.07, 6.45) is 0.900. The first-order chi connectivity index (χ1) is 8.47. The quantitative estimate of drug-likeness (QED) is 0.899. The zero-order valence-corrected chi connectivity index (χ0v) is 11.4. The fourth-order valence-electron chi connectivity index (χ4n) is 2.16. The molecule has 2 rings (SSSR count). The maximum absolute atomic E-state index is 12.2. The molecule has 1 atom stereocenters. The van der Waals surface area contributed by atoms with E-state index in [-0.39, 0.29) is 12.3 Å². The second-order valence-corrected chi connectivity index (χ2v) is 6.86. The summed E-state index contributed by atoms with van der Waals surface area (Å²) in [5, 5.41) is 9.54. The van der Waals surface area contributed by atoms with Gasteiger partial charge in [0, 0.05) is 13.1 Å². The van der Waals surface area contributed by atoms with Crippen molar-refractivity contribution in [3.63, 3.8) is 0 Å². The van der Waals surface area contributed by atoms with Gasteiger partial charge in [0.15, 0.2) is 0 Å². The van der Waals surface area contributed by atoms with E-state index in [1.54, 1.807) is 0 Å². The molecule has 1 aromatic rings. The highest BCUT2D eigenvalue weighted by atomic mass is 32.2. The molecule has 0 saturated carbocycles.